The summed E-state index contributed by atoms with van der Waals surface area (Å²) in [6.45, 7) is 0. The summed E-state index contributed by atoms with van der Waals surface area (Å²) in [5, 5.41) is 0. The van der Waals surface area contributed by atoms with Crippen LogP contribution in [0.25, 0.3) is 0 Å². The fourth-order valence-corrected chi connectivity index (χ4v) is 2.20. The number of pyridine rings is 1. The highest BCUT2D eigenvalue weighted by molar-refractivity contribution is 9.11. The third-order valence-corrected chi connectivity index (χ3v) is 3.36. The van der Waals surface area contributed by atoms with Gasteiger partial charge in [0.1, 0.15) is 11.5 Å². The topological polar surface area (TPSA) is 57.4 Å². The van der Waals surface area contributed by atoms with Crippen molar-refractivity contribution in [1.82, 2.24) is 4.98 Å². The van der Waals surface area contributed by atoms with Crippen molar-refractivity contribution in [2.24, 2.45) is 0 Å². The Kier molecular flexibility index (Phi) is 4.08. The Morgan fingerprint density at radius 2 is 1.94 bits per heavy atom. The maximum absolute atomic E-state index is 5.68. The van der Waals surface area contributed by atoms with Crippen LogP contribution in [0.5, 0.6) is 17.4 Å². The molecule has 4 nitrogen and oxygen atoms in total. The molecule has 0 amide bonds. The lowest BCUT2D eigenvalue weighted by Crippen LogP contribution is -1.93. The lowest BCUT2D eigenvalue weighted by molar-refractivity contribution is 0.411. The van der Waals surface area contributed by atoms with Gasteiger partial charge in [-0.1, -0.05) is 0 Å². The molecule has 0 unspecified atom stereocenters. The maximum atomic E-state index is 5.68. The van der Waals surface area contributed by atoms with E-state index in [0.717, 1.165) is 10.2 Å². The van der Waals surface area contributed by atoms with Gasteiger partial charge in [-0.25, -0.2) is 4.98 Å². The zero-order valence-corrected chi connectivity index (χ0v) is 12.7. The molecule has 2 N–H and O–H groups in total. The molecule has 94 valence electrons. The summed E-state index contributed by atoms with van der Waals surface area (Å²) in [5.74, 6) is 1.85. The van der Waals surface area contributed by atoms with Crippen LogP contribution in [0.4, 0.5) is 5.69 Å². The summed E-state index contributed by atoms with van der Waals surface area (Å²) in [5.41, 5.74) is 6.19. The molecule has 0 bridgehead atoms. The monoisotopic (exact) mass is 372 g/mol. The highest BCUT2D eigenvalue weighted by Gasteiger charge is 2.08. The number of ether oxygens (including phenoxy) is 2. The molecule has 0 radical (unpaired) electrons. The number of hydrogen-bond donors (Lipinski definition) is 1. The second-order valence-electron chi connectivity index (χ2n) is 3.45. The van der Waals surface area contributed by atoms with E-state index in [2.05, 4.69) is 36.8 Å². The van der Waals surface area contributed by atoms with Crippen LogP contribution in [0, 0.1) is 0 Å². The van der Waals surface area contributed by atoms with Crippen molar-refractivity contribution < 1.29 is 9.47 Å². The van der Waals surface area contributed by atoms with Gasteiger partial charge in [0.2, 0.25) is 5.88 Å². The number of halogens is 2. The number of anilines is 1. The van der Waals surface area contributed by atoms with Crippen LogP contribution < -0.4 is 15.2 Å². The van der Waals surface area contributed by atoms with Crippen molar-refractivity contribution in [3.05, 3.63) is 39.4 Å². The average molecular weight is 374 g/mol. The lowest BCUT2D eigenvalue weighted by Gasteiger charge is -2.09. The third-order valence-electron chi connectivity index (χ3n) is 2.17. The molecule has 1 aromatic carbocycles. The Morgan fingerprint density at radius 1 is 1.17 bits per heavy atom. The first-order chi connectivity index (χ1) is 8.60. The van der Waals surface area contributed by atoms with Gasteiger partial charge in [-0.05, 0) is 56.1 Å². The van der Waals surface area contributed by atoms with Crippen LogP contribution in [0.2, 0.25) is 0 Å². The van der Waals surface area contributed by atoms with Crippen molar-refractivity contribution in [2.75, 3.05) is 12.8 Å². The predicted molar refractivity (Wildman–Crippen MR) is 77.1 cm³/mol. The van der Waals surface area contributed by atoms with Crippen LogP contribution in [0.1, 0.15) is 0 Å². The van der Waals surface area contributed by atoms with Crippen LogP contribution in [0.15, 0.2) is 39.4 Å². The molecule has 0 atom stereocenters. The fraction of sp³-hybridized carbons (Fsp3) is 0.0833. The number of nitrogen functional groups attached to an aromatic ring is 1. The first kappa shape index (κ1) is 13.2. The zero-order chi connectivity index (χ0) is 13.1. The van der Waals surface area contributed by atoms with Gasteiger partial charge in [-0.15, -0.1) is 0 Å². The summed E-state index contributed by atoms with van der Waals surface area (Å²) in [4.78, 5) is 4.11. The van der Waals surface area contributed by atoms with E-state index in [0.29, 0.717) is 21.8 Å². The van der Waals surface area contributed by atoms with Crippen molar-refractivity contribution >= 4 is 37.5 Å². The number of hydrogen-bond acceptors (Lipinski definition) is 4. The normalized spacial score (nSPS) is 10.2. The minimum atomic E-state index is 0.454. The van der Waals surface area contributed by atoms with Crippen molar-refractivity contribution in [2.45, 2.75) is 0 Å². The first-order valence-electron chi connectivity index (χ1n) is 5.02. The smallest absolute Gasteiger partial charge is 0.233 e. The summed E-state index contributed by atoms with van der Waals surface area (Å²) in [7, 11) is 1.61. The standard InChI is InChI=1S/C12H10Br2N2O2/c1-17-8-2-3-11(9(13)5-8)18-12-10(14)4-7(15)6-16-12/h2-6H,15H2,1H3. The van der Waals surface area contributed by atoms with Gasteiger partial charge in [-0.3, -0.25) is 0 Å². The van der Waals surface area contributed by atoms with Gasteiger partial charge >= 0.3 is 0 Å². The molecular weight excluding hydrogens is 364 g/mol. The van der Waals surface area contributed by atoms with E-state index in [1.165, 1.54) is 6.20 Å². The van der Waals surface area contributed by atoms with Gasteiger partial charge in [0.15, 0.2) is 0 Å². The van der Waals surface area contributed by atoms with Crippen molar-refractivity contribution in [3.8, 4) is 17.4 Å². The number of benzene rings is 1. The van der Waals surface area contributed by atoms with Crippen LogP contribution in [0.3, 0.4) is 0 Å². The lowest BCUT2D eigenvalue weighted by atomic mass is 10.3. The quantitative estimate of drug-likeness (QED) is 0.883. The van der Waals surface area contributed by atoms with E-state index in [1.54, 1.807) is 19.2 Å². The number of rotatable bonds is 3. The fourth-order valence-electron chi connectivity index (χ4n) is 1.31. The van der Waals surface area contributed by atoms with E-state index in [4.69, 9.17) is 15.2 Å². The van der Waals surface area contributed by atoms with Crippen LogP contribution >= 0.6 is 31.9 Å². The zero-order valence-electron chi connectivity index (χ0n) is 9.48. The number of methoxy groups -OCH3 is 1. The van der Waals surface area contributed by atoms with Crippen molar-refractivity contribution in [1.29, 1.82) is 0 Å². The Labute approximate surface area is 121 Å². The second-order valence-corrected chi connectivity index (χ2v) is 5.16. The largest absolute Gasteiger partial charge is 0.497 e. The highest BCUT2D eigenvalue weighted by atomic mass is 79.9. The minimum absolute atomic E-state index is 0.454. The Bertz CT molecular complexity index is 576. The van der Waals surface area contributed by atoms with Crippen LogP contribution in [-0.2, 0) is 0 Å². The maximum Gasteiger partial charge on any atom is 0.233 e. The summed E-state index contributed by atoms with van der Waals surface area (Å²) < 4.78 is 12.3. The molecule has 2 aromatic rings. The summed E-state index contributed by atoms with van der Waals surface area (Å²) in [6.07, 6.45) is 1.54. The number of nitrogens with two attached hydrogens (primary N) is 1. The second kappa shape index (κ2) is 5.58. The molecule has 0 fully saturated rings. The molecule has 0 aliphatic carbocycles. The molecule has 6 heteroatoms. The van der Waals surface area contributed by atoms with E-state index in [1.807, 2.05) is 12.1 Å². The molecule has 0 saturated carbocycles. The summed E-state index contributed by atoms with van der Waals surface area (Å²) >= 11 is 6.76. The number of nitrogens with zero attached hydrogens (tertiary/aromatic N) is 1. The van der Waals surface area contributed by atoms with E-state index in [-0.39, 0.29) is 0 Å². The third kappa shape index (κ3) is 2.94. The number of aromatic nitrogens is 1. The van der Waals surface area contributed by atoms with Gasteiger partial charge in [0.05, 0.1) is 27.9 Å². The van der Waals surface area contributed by atoms with Gasteiger partial charge in [-0.2, -0.15) is 0 Å². The Hall–Kier alpha value is -1.27. The molecule has 1 heterocycles. The Morgan fingerprint density at radius 3 is 2.56 bits per heavy atom. The van der Waals surface area contributed by atoms with E-state index in [9.17, 15) is 0 Å². The van der Waals surface area contributed by atoms with Gasteiger partial charge in [0, 0.05) is 0 Å². The molecule has 0 aliphatic heterocycles. The Balaban J connectivity index is 2.28. The van der Waals surface area contributed by atoms with Crippen molar-refractivity contribution in [3.63, 3.8) is 0 Å². The molecule has 0 saturated heterocycles. The molecule has 1 aromatic heterocycles. The molecule has 0 aliphatic rings. The highest BCUT2D eigenvalue weighted by Crippen LogP contribution is 2.34. The van der Waals surface area contributed by atoms with Gasteiger partial charge < -0.3 is 15.2 Å². The molecule has 0 spiro atoms. The van der Waals surface area contributed by atoms with Crippen LogP contribution in [-0.4, -0.2) is 12.1 Å². The SMILES string of the molecule is COc1ccc(Oc2ncc(N)cc2Br)c(Br)c1. The van der Waals surface area contributed by atoms with E-state index >= 15 is 0 Å². The average Bonchev–Trinajstić information content (AvgIpc) is 2.34. The van der Waals surface area contributed by atoms with E-state index < -0.39 is 0 Å². The predicted octanol–water partition coefficient (Wildman–Crippen LogP) is 3.99. The molecule has 18 heavy (non-hydrogen) atoms. The summed E-state index contributed by atoms with van der Waals surface area (Å²) in [6, 6.07) is 7.17. The molecule has 2 rings (SSSR count). The van der Waals surface area contributed by atoms with Gasteiger partial charge in [0.25, 0.3) is 0 Å². The minimum Gasteiger partial charge on any atom is -0.497 e. The first-order valence-corrected chi connectivity index (χ1v) is 6.61. The molecular formula is C12H10Br2N2O2.